The van der Waals surface area contributed by atoms with Gasteiger partial charge in [-0.25, -0.2) is 4.79 Å². The number of carbonyl (C=O) groups excluding carboxylic acids is 1. The zero-order valence-electron chi connectivity index (χ0n) is 15.5. The molecule has 1 aromatic heterocycles. The lowest BCUT2D eigenvalue weighted by atomic mass is 10.00. The van der Waals surface area contributed by atoms with Crippen LogP contribution in [0.25, 0.3) is 22.6 Å². The summed E-state index contributed by atoms with van der Waals surface area (Å²) in [6.07, 6.45) is 4.93. The molecule has 0 bridgehead atoms. The minimum Gasteiger partial charge on any atom is -0.456 e. The van der Waals surface area contributed by atoms with Crippen molar-refractivity contribution in [1.82, 2.24) is 0 Å². The molecule has 1 aliphatic rings. The number of nitriles is 1. The largest absolute Gasteiger partial charge is 0.456 e. The number of benzene rings is 2. The van der Waals surface area contributed by atoms with E-state index in [0.29, 0.717) is 16.9 Å². The van der Waals surface area contributed by atoms with E-state index in [1.165, 1.54) is 0 Å². The summed E-state index contributed by atoms with van der Waals surface area (Å²) >= 11 is 0. The van der Waals surface area contributed by atoms with E-state index in [2.05, 4.69) is 13.2 Å². The maximum Gasteiger partial charge on any atom is 0.355 e. The SMILES string of the molecule is C=CN(C=C)c1ccc2cc(C=C3OC(=O)C(C#N)=C3c3ccccc3)oc2c1. The molecule has 29 heavy (non-hydrogen) atoms. The fourth-order valence-corrected chi connectivity index (χ4v) is 3.21. The maximum atomic E-state index is 12.1. The van der Waals surface area contributed by atoms with Crippen LogP contribution in [0.4, 0.5) is 5.69 Å². The Morgan fingerprint density at radius 1 is 1.03 bits per heavy atom. The van der Waals surface area contributed by atoms with Crippen molar-refractivity contribution in [3.63, 3.8) is 0 Å². The molecular formula is C24H16N2O3. The lowest BCUT2D eigenvalue weighted by Crippen LogP contribution is -2.04. The van der Waals surface area contributed by atoms with E-state index in [1.807, 2.05) is 60.7 Å². The van der Waals surface area contributed by atoms with Gasteiger partial charge in [0.2, 0.25) is 0 Å². The average molecular weight is 380 g/mol. The second-order valence-corrected chi connectivity index (χ2v) is 6.27. The van der Waals surface area contributed by atoms with Crippen molar-refractivity contribution in [2.75, 3.05) is 4.90 Å². The van der Waals surface area contributed by atoms with Gasteiger partial charge >= 0.3 is 5.97 Å². The first kappa shape index (κ1) is 18.1. The third kappa shape index (κ3) is 3.24. The van der Waals surface area contributed by atoms with Gasteiger partial charge in [0.1, 0.15) is 28.7 Å². The Morgan fingerprint density at radius 2 is 1.79 bits per heavy atom. The van der Waals surface area contributed by atoms with Gasteiger partial charge in [-0.2, -0.15) is 5.26 Å². The van der Waals surface area contributed by atoms with E-state index in [1.54, 1.807) is 23.4 Å². The quantitative estimate of drug-likeness (QED) is 0.554. The first-order valence-corrected chi connectivity index (χ1v) is 8.85. The highest BCUT2D eigenvalue weighted by Gasteiger charge is 2.31. The van der Waals surface area contributed by atoms with E-state index in [9.17, 15) is 10.1 Å². The molecule has 0 aliphatic carbocycles. The number of rotatable bonds is 5. The standard InChI is InChI=1S/C24H16N2O3/c1-3-26(4-2)18-11-10-17-12-19(28-21(17)13-18)14-22-23(16-8-6-5-7-9-16)20(15-25)24(27)29-22/h3-14H,1-2H2. The average Bonchev–Trinajstić information content (AvgIpc) is 3.28. The van der Waals surface area contributed by atoms with Crippen LogP contribution < -0.4 is 4.90 Å². The Balaban J connectivity index is 1.79. The number of fused-ring (bicyclic) bond motifs is 1. The monoisotopic (exact) mass is 380 g/mol. The normalized spacial score (nSPS) is 14.7. The number of nitrogens with zero attached hydrogens (tertiary/aromatic N) is 2. The molecule has 1 aliphatic heterocycles. The van der Waals surface area contributed by atoms with Crippen LogP contribution >= 0.6 is 0 Å². The highest BCUT2D eigenvalue weighted by molar-refractivity contribution is 6.11. The molecule has 0 atom stereocenters. The highest BCUT2D eigenvalue weighted by atomic mass is 16.5. The van der Waals surface area contributed by atoms with Crippen LogP contribution in [0.1, 0.15) is 11.3 Å². The zero-order valence-corrected chi connectivity index (χ0v) is 15.5. The first-order valence-electron chi connectivity index (χ1n) is 8.85. The molecule has 2 heterocycles. The summed E-state index contributed by atoms with van der Waals surface area (Å²) in [6.45, 7) is 7.51. The van der Waals surface area contributed by atoms with E-state index in [-0.39, 0.29) is 11.3 Å². The van der Waals surface area contributed by atoms with Crippen LogP contribution in [0.15, 0.2) is 95.9 Å². The van der Waals surface area contributed by atoms with Crippen LogP contribution in [0, 0.1) is 11.3 Å². The van der Waals surface area contributed by atoms with Crippen molar-refractivity contribution in [1.29, 1.82) is 5.26 Å². The van der Waals surface area contributed by atoms with Crippen molar-refractivity contribution in [3.05, 3.63) is 103 Å². The molecule has 3 aromatic rings. The Hall–Kier alpha value is -4.30. The number of anilines is 1. The van der Waals surface area contributed by atoms with E-state index >= 15 is 0 Å². The lowest BCUT2D eigenvalue weighted by Gasteiger charge is -2.13. The van der Waals surface area contributed by atoms with Gasteiger partial charge in [0.05, 0.1) is 0 Å². The summed E-state index contributed by atoms with van der Waals surface area (Å²) in [6, 6.07) is 18.7. The lowest BCUT2D eigenvalue weighted by molar-refractivity contribution is -0.132. The number of carbonyl (C=O) groups is 1. The molecule has 0 radical (unpaired) electrons. The minimum atomic E-state index is -0.663. The molecule has 4 rings (SSSR count). The van der Waals surface area contributed by atoms with E-state index in [0.717, 1.165) is 16.6 Å². The Kier molecular flexibility index (Phi) is 4.60. The van der Waals surface area contributed by atoms with Crippen LogP contribution in [0.3, 0.4) is 0 Å². The van der Waals surface area contributed by atoms with Gasteiger partial charge in [-0.1, -0.05) is 43.5 Å². The Bertz CT molecular complexity index is 1230. The number of allylic oxidation sites excluding steroid dienone is 1. The van der Waals surface area contributed by atoms with E-state index in [4.69, 9.17) is 9.15 Å². The van der Waals surface area contributed by atoms with Crippen LogP contribution in [0.5, 0.6) is 0 Å². The zero-order chi connectivity index (χ0) is 20.4. The first-order chi connectivity index (χ1) is 14.1. The number of cyclic esters (lactones) is 1. The minimum absolute atomic E-state index is 0.0199. The molecule has 0 N–H and O–H groups in total. The van der Waals surface area contributed by atoms with Crippen molar-refractivity contribution < 1.29 is 13.9 Å². The fraction of sp³-hybridized carbons (Fsp3) is 0. The summed E-state index contributed by atoms with van der Waals surface area (Å²) in [4.78, 5) is 13.9. The van der Waals surface area contributed by atoms with Crippen LogP contribution in [-0.4, -0.2) is 5.97 Å². The predicted octanol–water partition coefficient (Wildman–Crippen LogP) is 5.40. The second-order valence-electron chi connectivity index (χ2n) is 6.27. The van der Waals surface area contributed by atoms with Gasteiger partial charge in [-0.05, 0) is 23.8 Å². The third-order valence-corrected chi connectivity index (χ3v) is 4.57. The van der Waals surface area contributed by atoms with Crippen molar-refractivity contribution in [3.8, 4) is 6.07 Å². The highest BCUT2D eigenvalue weighted by Crippen LogP contribution is 2.36. The van der Waals surface area contributed by atoms with Gasteiger partial charge in [-0.15, -0.1) is 0 Å². The number of hydrogen-bond acceptors (Lipinski definition) is 5. The predicted molar refractivity (Wildman–Crippen MR) is 112 cm³/mol. The summed E-state index contributed by atoms with van der Waals surface area (Å²) in [5.41, 5.74) is 2.70. The topological polar surface area (TPSA) is 66.5 Å². The van der Waals surface area contributed by atoms with Gasteiger partial charge in [-0.3, -0.25) is 0 Å². The molecule has 0 saturated carbocycles. The fourth-order valence-electron chi connectivity index (χ4n) is 3.21. The van der Waals surface area contributed by atoms with Crippen LogP contribution in [0.2, 0.25) is 0 Å². The van der Waals surface area contributed by atoms with Gasteiger partial charge < -0.3 is 14.1 Å². The van der Waals surface area contributed by atoms with Crippen molar-refractivity contribution in [2.24, 2.45) is 0 Å². The molecule has 5 nitrogen and oxygen atoms in total. The molecule has 5 heteroatoms. The summed E-state index contributed by atoms with van der Waals surface area (Å²) in [5, 5.41) is 10.3. The summed E-state index contributed by atoms with van der Waals surface area (Å²) in [7, 11) is 0. The number of furan rings is 1. The molecule has 0 unspecified atom stereocenters. The second kappa shape index (κ2) is 7.37. The van der Waals surface area contributed by atoms with Gasteiger partial charge in [0.25, 0.3) is 0 Å². The van der Waals surface area contributed by atoms with Crippen molar-refractivity contribution in [2.45, 2.75) is 0 Å². The molecule has 0 saturated heterocycles. The third-order valence-electron chi connectivity index (χ3n) is 4.57. The molecule has 2 aromatic carbocycles. The molecular weight excluding hydrogens is 364 g/mol. The van der Waals surface area contributed by atoms with E-state index < -0.39 is 5.97 Å². The van der Waals surface area contributed by atoms with Gasteiger partial charge in [0, 0.05) is 41.2 Å². The number of ether oxygens (including phenoxy) is 1. The molecule has 0 fully saturated rings. The van der Waals surface area contributed by atoms with Gasteiger partial charge in [0.15, 0.2) is 0 Å². The molecule has 0 amide bonds. The smallest absolute Gasteiger partial charge is 0.355 e. The number of hydrogen-bond donors (Lipinski definition) is 0. The molecule has 0 spiro atoms. The number of esters is 1. The maximum absolute atomic E-state index is 12.1. The van der Waals surface area contributed by atoms with Crippen molar-refractivity contribution >= 4 is 34.3 Å². The Morgan fingerprint density at radius 3 is 2.48 bits per heavy atom. The summed E-state index contributed by atoms with van der Waals surface area (Å²) in [5.74, 6) is 0.135. The Labute approximate surface area is 167 Å². The summed E-state index contributed by atoms with van der Waals surface area (Å²) < 4.78 is 11.3. The van der Waals surface area contributed by atoms with Crippen LogP contribution in [-0.2, 0) is 9.53 Å². The molecule has 140 valence electrons.